The van der Waals surface area contributed by atoms with Crippen LogP contribution in [0.5, 0.6) is 0 Å². The fraction of sp³-hybridized carbons (Fsp3) is 0.548. The van der Waals surface area contributed by atoms with Crippen LogP contribution in [0.3, 0.4) is 0 Å². The number of carbonyl (C=O) groups is 2. The maximum Gasteiger partial charge on any atom is 0.407 e. The first-order valence-corrected chi connectivity index (χ1v) is 14.5. The molecule has 2 aliphatic heterocycles. The van der Waals surface area contributed by atoms with Crippen LogP contribution in [-0.2, 0) is 16.1 Å². The maximum atomic E-state index is 12.2. The normalized spacial score (nSPS) is 19.8. The van der Waals surface area contributed by atoms with Gasteiger partial charge in [-0.05, 0) is 86.7 Å². The lowest BCUT2D eigenvalue weighted by atomic mass is 9.60. The maximum absolute atomic E-state index is 12.2. The van der Waals surface area contributed by atoms with Gasteiger partial charge in [-0.2, -0.15) is 0 Å². The molecule has 3 aliphatic rings. The van der Waals surface area contributed by atoms with Gasteiger partial charge in [-0.3, -0.25) is 4.79 Å². The lowest BCUT2D eigenvalue weighted by Crippen LogP contribution is -2.55. The molecular weight excluding hydrogens is 492 g/mol. The molecule has 1 saturated carbocycles. The molecule has 8 nitrogen and oxygen atoms in total. The first-order valence-electron chi connectivity index (χ1n) is 14.5. The summed E-state index contributed by atoms with van der Waals surface area (Å²) in [6, 6.07) is 18.4. The van der Waals surface area contributed by atoms with E-state index in [0.29, 0.717) is 18.6 Å². The third-order valence-electron chi connectivity index (χ3n) is 8.82. The molecule has 0 unspecified atom stereocenters. The predicted octanol–water partition coefficient (Wildman–Crippen LogP) is 4.96. The van der Waals surface area contributed by atoms with E-state index in [4.69, 9.17) is 9.84 Å². The summed E-state index contributed by atoms with van der Waals surface area (Å²) in [6.07, 6.45) is 6.83. The molecule has 2 saturated heterocycles. The Morgan fingerprint density at radius 1 is 0.974 bits per heavy atom. The van der Waals surface area contributed by atoms with E-state index < -0.39 is 5.97 Å². The molecule has 3 fully saturated rings. The van der Waals surface area contributed by atoms with Crippen LogP contribution in [0.4, 0.5) is 16.2 Å². The largest absolute Gasteiger partial charge is 0.481 e. The predicted molar refractivity (Wildman–Crippen MR) is 153 cm³/mol. The van der Waals surface area contributed by atoms with E-state index in [2.05, 4.69) is 32.6 Å². The van der Waals surface area contributed by atoms with Gasteiger partial charge in [0.2, 0.25) is 0 Å². The molecule has 1 amide bonds. The first-order chi connectivity index (χ1) is 19.0. The van der Waals surface area contributed by atoms with E-state index in [1.807, 2.05) is 42.5 Å². The number of amides is 1. The molecule has 8 heteroatoms. The molecule has 0 bridgehead atoms. The van der Waals surface area contributed by atoms with Gasteiger partial charge in [0, 0.05) is 43.6 Å². The highest BCUT2D eigenvalue weighted by molar-refractivity contribution is 5.68. The summed E-state index contributed by atoms with van der Waals surface area (Å²) in [5.74, 6) is -0.0439. The number of nitrogens with one attached hydrogen (secondary N) is 2. The standard InChI is InChI=1S/C31H42N4O4/c36-29(37)9-14-32-26-7-4-8-28(19-26)35-15-10-24(11-16-35)22-34-17-12-31(13-18-34)20-27(21-31)33-30(38)39-23-25-5-2-1-3-6-25/h1-8,19,24,27,32H,9-18,20-23H2,(H,33,38)(H,36,37). The highest BCUT2D eigenvalue weighted by Gasteiger charge is 2.46. The van der Waals surface area contributed by atoms with E-state index >= 15 is 0 Å². The van der Waals surface area contributed by atoms with Gasteiger partial charge < -0.3 is 30.3 Å². The molecule has 1 spiro atoms. The second-order valence-corrected chi connectivity index (χ2v) is 11.7. The number of anilines is 2. The highest BCUT2D eigenvalue weighted by Crippen LogP contribution is 2.49. The van der Waals surface area contributed by atoms with Gasteiger partial charge in [0.15, 0.2) is 0 Å². The zero-order valence-electron chi connectivity index (χ0n) is 22.8. The van der Waals surface area contributed by atoms with Crippen LogP contribution < -0.4 is 15.5 Å². The Labute approximate surface area is 231 Å². The van der Waals surface area contributed by atoms with Gasteiger partial charge in [-0.1, -0.05) is 36.4 Å². The van der Waals surface area contributed by atoms with Crippen molar-refractivity contribution in [2.75, 3.05) is 49.5 Å². The molecule has 0 aromatic heterocycles. The first kappa shape index (κ1) is 27.3. The minimum absolute atomic E-state index is 0.120. The molecule has 39 heavy (non-hydrogen) atoms. The van der Waals surface area contributed by atoms with Crippen molar-refractivity contribution in [2.24, 2.45) is 11.3 Å². The topological polar surface area (TPSA) is 94.1 Å². The lowest BCUT2D eigenvalue weighted by Gasteiger charge is -2.52. The molecular formula is C31H42N4O4. The van der Waals surface area contributed by atoms with E-state index in [1.54, 1.807) is 0 Å². The van der Waals surface area contributed by atoms with Crippen molar-refractivity contribution < 1.29 is 19.4 Å². The zero-order chi connectivity index (χ0) is 27.1. The molecule has 210 valence electrons. The minimum Gasteiger partial charge on any atom is -0.481 e. The lowest BCUT2D eigenvalue weighted by molar-refractivity contribution is -0.136. The zero-order valence-corrected chi connectivity index (χ0v) is 22.8. The van der Waals surface area contributed by atoms with Crippen molar-refractivity contribution in [2.45, 2.75) is 57.6 Å². The Morgan fingerprint density at radius 2 is 1.72 bits per heavy atom. The second-order valence-electron chi connectivity index (χ2n) is 11.7. The Kier molecular flexibility index (Phi) is 8.91. The van der Waals surface area contributed by atoms with Crippen LogP contribution in [0.15, 0.2) is 54.6 Å². The third kappa shape index (κ3) is 7.66. The smallest absolute Gasteiger partial charge is 0.407 e. The number of carboxylic acid groups (broad SMARTS) is 1. The van der Waals surface area contributed by atoms with Gasteiger partial charge >= 0.3 is 12.1 Å². The minimum atomic E-state index is -0.782. The third-order valence-corrected chi connectivity index (χ3v) is 8.82. The number of carboxylic acids is 1. The summed E-state index contributed by atoms with van der Waals surface area (Å²) in [4.78, 5) is 28.1. The SMILES string of the molecule is O=C(O)CCNc1cccc(N2CCC(CN3CCC4(CC3)CC(NC(=O)OCc3ccccc3)C4)CC2)c1. The monoisotopic (exact) mass is 534 g/mol. The van der Waals surface area contributed by atoms with Crippen molar-refractivity contribution >= 4 is 23.4 Å². The van der Waals surface area contributed by atoms with Crippen molar-refractivity contribution in [3.05, 3.63) is 60.2 Å². The van der Waals surface area contributed by atoms with Crippen LogP contribution >= 0.6 is 0 Å². The number of likely N-dealkylation sites (tertiary alicyclic amines) is 1. The second kappa shape index (κ2) is 12.7. The number of hydrogen-bond donors (Lipinski definition) is 3. The highest BCUT2D eigenvalue weighted by atomic mass is 16.5. The number of rotatable bonds is 10. The van der Waals surface area contributed by atoms with E-state index in [1.165, 1.54) is 37.9 Å². The number of benzene rings is 2. The number of alkyl carbamates (subject to hydrolysis) is 1. The summed E-state index contributed by atoms with van der Waals surface area (Å²) in [7, 11) is 0. The van der Waals surface area contributed by atoms with Crippen LogP contribution in [-0.4, -0.2) is 67.4 Å². The number of nitrogens with zero attached hydrogens (tertiary/aromatic N) is 2. The van der Waals surface area contributed by atoms with Gasteiger partial charge in [0.1, 0.15) is 6.61 Å². The fourth-order valence-electron chi connectivity index (χ4n) is 6.50. The summed E-state index contributed by atoms with van der Waals surface area (Å²) in [5, 5.41) is 15.1. The van der Waals surface area contributed by atoms with Crippen LogP contribution in [0.25, 0.3) is 0 Å². The molecule has 2 aromatic rings. The summed E-state index contributed by atoms with van der Waals surface area (Å²) in [5.41, 5.74) is 3.61. The number of piperidine rings is 2. The number of ether oxygens (including phenoxy) is 1. The molecule has 1 aliphatic carbocycles. The van der Waals surface area contributed by atoms with Crippen LogP contribution in [0, 0.1) is 11.3 Å². The van der Waals surface area contributed by atoms with E-state index in [9.17, 15) is 9.59 Å². The van der Waals surface area contributed by atoms with Crippen LogP contribution in [0.2, 0.25) is 0 Å². The summed E-state index contributed by atoms with van der Waals surface area (Å²) in [6.45, 7) is 6.40. The number of aliphatic carboxylic acids is 1. The average molecular weight is 535 g/mol. The van der Waals surface area contributed by atoms with Gasteiger partial charge in [0.25, 0.3) is 0 Å². The number of carbonyl (C=O) groups excluding carboxylic acids is 1. The van der Waals surface area contributed by atoms with Gasteiger partial charge in [0.05, 0.1) is 6.42 Å². The van der Waals surface area contributed by atoms with Crippen molar-refractivity contribution in [3.8, 4) is 0 Å². The van der Waals surface area contributed by atoms with Crippen molar-refractivity contribution in [3.63, 3.8) is 0 Å². The van der Waals surface area contributed by atoms with Crippen LogP contribution in [0.1, 0.15) is 50.5 Å². The Balaban J connectivity index is 0.971. The average Bonchev–Trinajstić information content (AvgIpc) is 2.93. The molecule has 2 heterocycles. The number of hydrogen-bond acceptors (Lipinski definition) is 6. The Bertz CT molecular complexity index is 1090. The van der Waals surface area contributed by atoms with Crippen molar-refractivity contribution in [1.82, 2.24) is 10.2 Å². The quantitative estimate of drug-likeness (QED) is 0.397. The van der Waals surface area contributed by atoms with Crippen molar-refractivity contribution in [1.29, 1.82) is 0 Å². The summed E-state index contributed by atoms with van der Waals surface area (Å²) < 4.78 is 5.39. The van der Waals surface area contributed by atoms with E-state index in [-0.39, 0.29) is 18.6 Å². The Morgan fingerprint density at radius 3 is 2.44 bits per heavy atom. The summed E-state index contributed by atoms with van der Waals surface area (Å²) >= 11 is 0. The Hall–Kier alpha value is -3.26. The van der Waals surface area contributed by atoms with E-state index in [0.717, 1.165) is 56.2 Å². The molecule has 0 radical (unpaired) electrons. The molecule has 3 N–H and O–H groups in total. The molecule has 5 rings (SSSR count). The fourth-order valence-corrected chi connectivity index (χ4v) is 6.50. The molecule has 0 atom stereocenters. The molecule has 2 aromatic carbocycles. The van der Waals surface area contributed by atoms with Gasteiger partial charge in [-0.25, -0.2) is 4.79 Å². The van der Waals surface area contributed by atoms with Gasteiger partial charge in [-0.15, -0.1) is 0 Å².